The van der Waals surface area contributed by atoms with E-state index in [4.69, 9.17) is 0 Å². The molecule has 1 unspecified atom stereocenters. The zero-order chi connectivity index (χ0) is 13.4. The molecule has 1 rings (SSSR count). The molecule has 0 spiro atoms. The molecule has 0 amide bonds. The number of benzene rings is 1. The Labute approximate surface area is 111 Å². The van der Waals surface area contributed by atoms with E-state index in [2.05, 4.69) is 26.1 Å². The van der Waals surface area contributed by atoms with Gasteiger partial charge in [-0.2, -0.15) is 0 Å². The summed E-state index contributed by atoms with van der Waals surface area (Å²) in [7, 11) is 0. The third-order valence-corrected chi connectivity index (χ3v) is 3.45. The van der Waals surface area contributed by atoms with Crippen molar-refractivity contribution in [3.63, 3.8) is 0 Å². The molecule has 1 aromatic carbocycles. The molecule has 0 aliphatic carbocycles. The summed E-state index contributed by atoms with van der Waals surface area (Å²) < 4.78 is 14.0. The second-order valence-electron chi connectivity index (χ2n) is 4.89. The summed E-state index contributed by atoms with van der Waals surface area (Å²) >= 11 is 0. The molecule has 0 aliphatic heterocycles. The van der Waals surface area contributed by atoms with E-state index in [1.807, 2.05) is 12.1 Å². The van der Waals surface area contributed by atoms with E-state index in [9.17, 15) is 4.39 Å². The van der Waals surface area contributed by atoms with Crippen LogP contribution in [0, 0.1) is 11.7 Å². The van der Waals surface area contributed by atoms with Gasteiger partial charge in [0.15, 0.2) is 0 Å². The lowest BCUT2D eigenvalue weighted by atomic mass is 9.86. The van der Waals surface area contributed by atoms with Gasteiger partial charge in [0.2, 0.25) is 0 Å². The van der Waals surface area contributed by atoms with Crippen LogP contribution in [0.5, 0.6) is 0 Å². The molecule has 1 aromatic rings. The van der Waals surface area contributed by atoms with Gasteiger partial charge in [0.05, 0.1) is 0 Å². The Morgan fingerprint density at radius 3 is 2.17 bits per heavy atom. The molecule has 0 fully saturated rings. The maximum atomic E-state index is 14.0. The molecule has 1 N–H and O–H groups in total. The second kappa shape index (κ2) is 8.25. The van der Waals surface area contributed by atoms with Gasteiger partial charge in [-0.1, -0.05) is 51.8 Å². The van der Waals surface area contributed by atoms with Crippen LogP contribution in [-0.2, 0) is 0 Å². The SMILES string of the molecule is CCCC(CCC)C(NCC)c1ccccc1F. The number of hydrogen-bond donors (Lipinski definition) is 1. The third kappa shape index (κ3) is 4.09. The first-order valence-corrected chi connectivity index (χ1v) is 7.22. The van der Waals surface area contributed by atoms with E-state index in [0.717, 1.165) is 37.8 Å². The lowest BCUT2D eigenvalue weighted by molar-refractivity contribution is 0.313. The van der Waals surface area contributed by atoms with Crippen molar-refractivity contribution < 1.29 is 4.39 Å². The predicted molar refractivity (Wildman–Crippen MR) is 76.1 cm³/mol. The Bertz CT molecular complexity index is 332. The summed E-state index contributed by atoms with van der Waals surface area (Å²) in [6, 6.07) is 7.32. The Kier molecular flexibility index (Phi) is 6.96. The first-order chi connectivity index (χ1) is 8.74. The average molecular weight is 251 g/mol. The largest absolute Gasteiger partial charge is 0.310 e. The molecular formula is C16H26FN. The van der Waals surface area contributed by atoms with Crippen molar-refractivity contribution >= 4 is 0 Å². The van der Waals surface area contributed by atoms with Crippen LogP contribution in [-0.4, -0.2) is 6.54 Å². The van der Waals surface area contributed by atoms with Crippen molar-refractivity contribution in [1.29, 1.82) is 0 Å². The second-order valence-corrected chi connectivity index (χ2v) is 4.89. The molecule has 0 aliphatic rings. The van der Waals surface area contributed by atoms with Crippen molar-refractivity contribution in [2.24, 2.45) is 5.92 Å². The van der Waals surface area contributed by atoms with Crippen molar-refractivity contribution in [1.82, 2.24) is 5.32 Å². The molecule has 0 radical (unpaired) electrons. The highest BCUT2D eigenvalue weighted by atomic mass is 19.1. The van der Waals surface area contributed by atoms with Gasteiger partial charge in [-0.25, -0.2) is 4.39 Å². The number of rotatable bonds is 8. The molecule has 0 aromatic heterocycles. The minimum Gasteiger partial charge on any atom is -0.310 e. The summed E-state index contributed by atoms with van der Waals surface area (Å²) in [6.45, 7) is 7.37. The van der Waals surface area contributed by atoms with Crippen molar-refractivity contribution in [2.45, 2.75) is 52.5 Å². The number of halogens is 1. The van der Waals surface area contributed by atoms with Crippen molar-refractivity contribution in [2.75, 3.05) is 6.54 Å². The van der Waals surface area contributed by atoms with E-state index in [1.54, 1.807) is 12.1 Å². The molecule has 102 valence electrons. The topological polar surface area (TPSA) is 12.0 Å². The van der Waals surface area contributed by atoms with Crippen molar-refractivity contribution in [3.05, 3.63) is 35.6 Å². The fourth-order valence-corrected chi connectivity index (χ4v) is 2.70. The minimum atomic E-state index is -0.0827. The van der Waals surface area contributed by atoms with Gasteiger partial charge >= 0.3 is 0 Å². The van der Waals surface area contributed by atoms with Crippen LogP contribution in [0.1, 0.15) is 58.1 Å². The molecule has 0 saturated heterocycles. The van der Waals surface area contributed by atoms with E-state index < -0.39 is 0 Å². The van der Waals surface area contributed by atoms with Gasteiger partial charge in [0.1, 0.15) is 5.82 Å². The third-order valence-electron chi connectivity index (χ3n) is 3.45. The highest BCUT2D eigenvalue weighted by Crippen LogP contribution is 2.31. The van der Waals surface area contributed by atoms with E-state index in [0.29, 0.717) is 5.92 Å². The van der Waals surface area contributed by atoms with E-state index >= 15 is 0 Å². The Balaban J connectivity index is 2.95. The highest BCUT2D eigenvalue weighted by Gasteiger charge is 2.23. The average Bonchev–Trinajstić information content (AvgIpc) is 2.37. The molecule has 0 saturated carbocycles. The fraction of sp³-hybridized carbons (Fsp3) is 0.625. The van der Waals surface area contributed by atoms with Crippen LogP contribution in [0.25, 0.3) is 0 Å². The van der Waals surface area contributed by atoms with Crippen LogP contribution in [0.4, 0.5) is 4.39 Å². The first kappa shape index (κ1) is 15.2. The van der Waals surface area contributed by atoms with E-state index in [-0.39, 0.29) is 11.9 Å². The Morgan fingerprint density at radius 2 is 1.67 bits per heavy atom. The summed E-state index contributed by atoms with van der Waals surface area (Å²) in [4.78, 5) is 0. The van der Waals surface area contributed by atoms with Gasteiger partial charge in [-0.15, -0.1) is 0 Å². The predicted octanol–water partition coefficient (Wildman–Crippen LogP) is 4.69. The molecule has 18 heavy (non-hydrogen) atoms. The normalized spacial score (nSPS) is 12.9. The zero-order valence-corrected chi connectivity index (χ0v) is 11.9. The minimum absolute atomic E-state index is 0.0827. The molecule has 0 bridgehead atoms. The summed E-state index contributed by atoms with van der Waals surface area (Å²) in [5.74, 6) is 0.442. The van der Waals surface area contributed by atoms with Crippen LogP contribution in [0.3, 0.4) is 0 Å². The summed E-state index contributed by atoms with van der Waals surface area (Å²) in [6.07, 6.45) is 4.61. The lowest BCUT2D eigenvalue weighted by Gasteiger charge is -2.28. The number of hydrogen-bond acceptors (Lipinski definition) is 1. The smallest absolute Gasteiger partial charge is 0.127 e. The van der Waals surface area contributed by atoms with Crippen LogP contribution < -0.4 is 5.32 Å². The van der Waals surface area contributed by atoms with Gasteiger partial charge in [0, 0.05) is 11.6 Å². The maximum absolute atomic E-state index is 14.0. The van der Waals surface area contributed by atoms with Gasteiger partial charge in [-0.05, 0) is 31.4 Å². The first-order valence-electron chi connectivity index (χ1n) is 7.22. The van der Waals surface area contributed by atoms with Gasteiger partial charge in [-0.3, -0.25) is 0 Å². The standard InChI is InChI=1S/C16H26FN/c1-4-9-13(10-5-2)16(18-6-3)14-11-7-8-12-15(14)17/h7-8,11-13,16,18H,4-6,9-10H2,1-3H3. The molecule has 1 atom stereocenters. The zero-order valence-electron chi connectivity index (χ0n) is 11.9. The quantitative estimate of drug-likeness (QED) is 0.706. The van der Waals surface area contributed by atoms with Gasteiger partial charge in [0.25, 0.3) is 0 Å². The number of nitrogens with one attached hydrogen (secondary N) is 1. The summed E-state index contributed by atoms with van der Waals surface area (Å²) in [5, 5.41) is 3.47. The van der Waals surface area contributed by atoms with Crippen LogP contribution in [0.2, 0.25) is 0 Å². The molecule has 0 heterocycles. The fourth-order valence-electron chi connectivity index (χ4n) is 2.70. The highest BCUT2D eigenvalue weighted by molar-refractivity contribution is 5.22. The lowest BCUT2D eigenvalue weighted by Crippen LogP contribution is -2.29. The Morgan fingerprint density at radius 1 is 1.06 bits per heavy atom. The monoisotopic (exact) mass is 251 g/mol. The van der Waals surface area contributed by atoms with Gasteiger partial charge < -0.3 is 5.32 Å². The van der Waals surface area contributed by atoms with Crippen molar-refractivity contribution in [3.8, 4) is 0 Å². The molecule has 1 nitrogen and oxygen atoms in total. The maximum Gasteiger partial charge on any atom is 0.127 e. The molecular weight excluding hydrogens is 225 g/mol. The molecule has 2 heteroatoms. The van der Waals surface area contributed by atoms with Crippen LogP contribution >= 0.6 is 0 Å². The van der Waals surface area contributed by atoms with Crippen LogP contribution in [0.15, 0.2) is 24.3 Å². The Hall–Kier alpha value is -0.890. The summed E-state index contributed by atoms with van der Waals surface area (Å²) in [5.41, 5.74) is 0.825. The van der Waals surface area contributed by atoms with E-state index in [1.165, 1.54) is 0 Å².